The topological polar surface area (TPSA) is 46.5 Å². The van der Waals surface area contributed by atoms with Gasteiger partial charge < -0.3 is 9.84 Å². The van der Waals surface area contributed by atoms with Crippen LogP contribution in [-0.2, 0) is 9.53 Å². The summed E-state index contributed by atoms with van der Waals surface area (Å²) in [6.45, 7) is 3.65. The third kappa shape index (κ3) is 2.34. The third-order valence-electron chi connectivity index (χ3n) is 7.94. The number of ether oxygens (including phenoxy) is 1. The summed E-state index contributed by atoms with van der Waals surface area (Å²) in [5, 5.41) is 10.00. The highest BCUT2D eigenvalue weighted by Crippen LogP contribution is 2.64. The fourth-order valence-corrected chi connectivity index (χ4v) is 6.88. The molecule has 0 bridgehead atoms. The lowest BCUT2D eigenvalue weighted by molar-refractivity contribution is -0.166. The molecule has 4 rings (SSSR count). The maximum atomic E-state index is 11.8. The summed E-state index contributed by atoms with van der Waals surface area (Å²) in [5.41, 5.74) is 0.436. The molecule has 0 aromatic heterocycles. The number of allylic oxidation sites excluding steroid dienone is 2. The number of esters is 1. The van der Waals surface area contributed by atoms with Crippen molar-refractivity contribution in [2.24, 2.45) is 29.1 Å². The Morgan fingerprint density at radius 3 is 2.85 bits per heavy atom. The molecular weight excluding hydrogens is 324 g/mol. The zero-order valence-corrected chi connectivity index (χ0v) is 15.9. The first-order chi connectivity index (χ1) is 12.5. The molecule has 0 aromatic rings. The number of carbonyl (C=O) groups excluding carboxylic acids is 1. The van der Waals surface area contributed by atoms with E-state index in [0.29, 0.717) is 23.7 Å². The van der Waals surface area contributed by atoms with Crippen LogP contribution in [0.5, 0.6) is 0 Å². The highest BCUT2D eigenvalue weighted by molar-refractivity contribution is 5.68. The van der Waals surface area contributed by atoms with E-state index >= 15 is 0 Å². The summed E-state index contributed by atoms with van der Waals surface area (Å²) in [7, 11) is 0. The molecule has 4 aliphatic rings. The van der Waals surface area contributed by atoms with Crippen LogP contribution in [0, 0.1) is 41.4 Å². The molecule has 0 aromatic carbocycles. The minimum atomic E-state index is -0.887. The number of hydrogen-bond donors (Lipinski definition) is 1. The second-order valence-electron chi connectivity index (χ2n) is 8.77. The van der Waals surface area contributed by atoms with Crippen LogP contribution in [0.4, 0.5) is 0 Å². The van der Waals surface area contributed by atoms with Gasteiger partial charge in [-0.15, -0.1) is 6.42 Å². The van der Waals surface area contributed by atoms with Crippen molar-refractivity contribution in [3.63, 3.8) is 0 Å². The SMILES string of the molecule is C#C[C@]1(OC(C)=O)C=C[C@H]2[C@@H]3CCC4=C[C@@H](O)CC[C@@H]4[C@H]3CC[C@@]21CC. The van der Waals surface area contributed by atoms with Crippen molar-refractivity contribution in [1.82, 2.24) is 0 Å². The van der Waals surface area contributed by atoms with Crippen LogP contribution in [0.3, 0.4) is 0 Å². The quantitative estimate of drug-likeness (QED) is 0.463. The van der Waals surface area contributed by atoms with Gasteiger partial charge in [0.15, 0.2) is 5.60 Å². The van der Waals surface area contributed by atoms with Gasteiger partial charge in [-0.1, -0.05) is 30.6 Å². The van der Waals surface area contributed by atoms with Gasteiger partial charge in [0.2, 0.25) is 0 Å². The maximum absolute atomic E-state index is 11.8. The minimum absolute atomic E-state index is 0.163. The molecule has 0 heterocycles. The molecule has 0 saturated heterocycles. The van der Waals surface area contributed by atoms with E-state index in [-0.39, 0.29) is 17.5 Å². The van der Waals surface area contributed by atoms with Crippen LogP contribution in [0.2, 0.25) is 0 Å². The molecule has 0 unspecified atom stereocenters. The zero-order chi connectivity index (χ0) is 18.5. The van der Waals surface area contributed by atoms with E-state index in [9.17, 15) is 9.90 Å². The number of aliphatic hydroxyl groups is 1. The fourth-order valence-electron chi connectivity index (χ4n) is 6.88. The van der Waals surface area contributed by atoms with Gasteiger partial charge in [-0.2, -0.15) is 0 Å². The van der Waals surface area contributed by atoms with Crippen LogP contribution in [0.15, 0.2) is 23.8 Å². The molecular formula is C23H30O3. The van der Waals surface area contributed by atoms with Crippen molar-refractivity contribution in [1.29, 1.82) is 0 Å². The van der Waals surface area contributed by atoms with Gasteiger partial charge >= 0.3 is 5.97 Å². The van der Waals surface area contributed by atoms with Gasteiger partial charge in [0.25, 0.3) is 0 Å². The van der Waals surface area contributed by atoms with Crippen molar-refractivity contribution in [3.8, 4) is 12.3 Å². The molecule has 0 spiro atoms. The average molecular weight is 354 g/mol. The van der Waals surface area contributed by atoms with Crippen LogP contribution in [0.1, 0.15) is 58.8 Å². The summed E-state index contributed by atoms with van der Waals surface area (Å²) in [5.74, 6) is 4.86. The smallest absolute Gasteiger partial charge is 0.304 e. The Hall–Kier alpha value is -1.53. The molecule has 4 aliphatic carbocycles. The Morgan fingerprint density at radius 2 is 2.15 bits per heavy atom. The summed E-state index contributed by atoms with van der Waals surface area (Å²) < 4.78 is 5.81. The van der Waals surface area contributed by atoms with Crippen molar-refractivity contribution in [2.45, 2.75) is 70.5 Å². The highest BCUT2D eigenvalue weighted by Gasteiger charge is 2.63. The zero-order valence-electron chi connectivity index (χ0n) is 15.9. The lowest BCUT2D eigenvalue weighted by Crippen LogP contribution is -2.55. The molecule has 26 heavy (non-hydrogen) atoms. The average Bonchev–Trinajstić information content (AvgIpc) is 2.95. The second-order valence-corrected chi connectivity index (χ2v) is 8.77. The van der Waals surface area contributed by atoms with Crippen LogP contribution in [-0.4, -0.2) is 22.8 Å². The summed E-state index contributed by atoms with van der Waals surface area (Å²) in [6.07, 6.45) is 19.4. The van der Waals surface area contributed by atoms with Gasteiger partial charge in [-0.25, -0.2) is 0 Å². The lowest BCUT2D eigenvalue weighted by Gasteiger charge is -2.56. The molecule has 140 valence electrons. The molecule has 2 fully saturated rings. The molecule has 0 aliphatic heterocycles. The normalized spacial score (nSPS) is 46.4. The van der Waals surface area contributed by atoms with E-state index in [1.165, 1.54) is 12.5 Å². The summed E-state index contributed by atoms with van der Waals surface area (Å²) in [4.78, 5) is 11.8. The van der Waals surface area contributed by atoms with Crippen LogP contribution < -0.4 is 0 Å². The first kappa shape index (κ1) is 17.9. The summed E-state index contributed by atoms with van der Waals surface area (Å²) in [6, 6.07) is 0. The highest BCUT2D eigenvalue weighted by atomic mass is 16.6. The Balaban J connectivity index is 1.68. The largest absolute Gasteiger partial charge is 0.442 e. The summed E-state index contributed by atoms with van der Waals surface area (Å²) >= 11 is 0. The molecule has 3 heteroatoms. The van der Waals surface area contributed by atoms with E-state index in [2.05, 4.69) is 25.0 Å². The maximum Gasteiger partial charge on any atom is 0.304 e. The van der Waals surface area contributed by atoms with E-state index in [1.807, 2.05) is 6.08 Å². The van der Waals surface area contributed by atoms with Gasteiger partial charge in [0.1, 0.15) is 0 Å². The number of carbonyl (C=O) groups is 1. The minimum Gasteiger partial charge on any atom is -0.442 e. The predicted molar refractivity (Wildman–Crippen MR) is 101 cm³/mol. The fraction of sp³-hybridized carbons (Fsp3) is 0.696. The molecule has 3 nitrogen and oxygen atoms in total. The lowest BCUT2D eigenvalue weighted by atomic mass is 9.49. The third-order valence-corrected chi connectivity index (χ3v) is 7.94. The second kappa shape index (κ2) is 6.27. The Morgan fingerprint density at radius 1 is 1.35 bits per heavy atom. The van der Waals surface area contributed by atoms with Crippen LogP contribution in [0.25, 0.3) is 0 Å². The number of hydrogen-bond acceptors (Lipinski definition) is 3. The van der Waals surface area contributed by atoms with Gasteiger partial charge in [-0.3, -0.25) is 4.79 Å². The van der Waals surface area contributed by atoms with E-state index < -0.39 is 5.60 Å². The van der Waals surface area contributed by atoms with E-state index in [1.54, 1.807) is 0 Å². The van der Waals surface area contributed by atoms with Crippen molar-refractivity contribution >= 4 is 5.97 Å². The monoisotopic (exact) mass is 354 g/mol. The molecule has 7 atom stereocenters. The standard InChI is InChI=1S/C23H30O3/c1-4-22-12-10-19-18-9-7-17(25)14-16(18)6-8-20(19)21(22)11-13-23(22,5-2)26-15(3)24/h2,11,13-14,17-21,25H,4,6-10,12H2,1,3H3/t17-,18-,19+,20+,21-,22-,23-/m0/s1. The van der Waals surface area contributed by atoms with Crippen molar-refractivity contribution < 1.29 is 14.6 Å². The van der Waals surface area contributed by atoms with Crippen molar-refractivity contribution in [2.75, 3.05) is 0 Å². The molecule has 2 saturated carbocycles. The Labute approximate surface area is 156 Å². The van der Waals surface area contributed by atoms with Gasteiger partial charge in [0.05, 0.1) is 6.10 Å². The first-order valence-electron chi connectivity index (χ1n) is 10.2. The number of aliphatic hydroxyl groups excluding tert-OH is 1. The molecule has 0 amide bonds. The molecule has 1 N–H and O–H groups in total. The van der Waals surface area contributed by atoms with Gasteiger partial charge in [0, 0.05) is 12.3 Å². The van der Waals surface area contributed by atoms with E-state index in [4.69, 9.17) is 11.2 Å². The van der Waals surface area contributed by atoms with Gasteiger partial charge in [-0.05, 0) is 74.7 Å². The Bertz CT molecular complexity index is 699. The first-order valence-corrected chi connectivity index (χ1v) is 10.2. The van der Waals surface area contributed by atoms with Crippen molar-refractivity contribution in [3.05, 3.63) is 23.8 Å². The predicted octanol–water partition coefficient (Wildman–Crippen LogP) is 4.02. The van der Waals surface area contributed by atoms with E-state index in [0.717, 1.165) is 44.9 Å². The van der Waals surface area contributed by atoms with Crippen LogP contribution >= 0.6 is 0 Å². The number of fused-ring (bicyclic) bond motifs is 5. The Kier molecular flexibility index (Phi) is 4.31. The number of rotatable bonds is 2. The molecule has 0 radical (unpaired) electrons. The number of terminal acetylenes is 1.